The van der Waals surface area contributed by atoms with Crippen molar-refractivity contribution in [3.05, 3.63) is 84.1 Å². The minimum atomic E-state index is 0.727. The van der Waals surface area contributed by atoms with Gasteiger partial charge in [0.25, 0.3) is 0 Å². The molecule has 2 aromatic heterocycles. The van der Waals surface area contributed by atoms with Crippen molar-refractivity contribution in [3.8, 4) is 0 Å². The fourth-order valence-corrected chi connectivity index (χ4v) is 2.92. The van der Waals surface area contributed by atoms with Gasteiger partial charge in [0, 0.05) is 30.9 Å². The van der Waals surface area contributed by atoms with Gasteiger partial charge in [-0.05, 0) is 11.1 Å². The van der Waals surface area contributed by atoms with E-state index in [1.54, 1.807) is 0 Å². The molecule has 0 spiro atoms. The minimum absolute atomic E-state index is 0.727. The van der Waals surface area contributed by atoms with Gasteiger partial charge in [-0.2, -0.15) is 5.10 Å². The van der Waals surface area contributed by atoms with Crippen LogP contribution in [0.4, 0.5) is 0 Å². The Kier molecular flexibility index (Phi) is 4.08. The zero-order valence-electron chi connectivity index (χ0n) is 13.3. The largest absolute Gasteiger partial charge is 0.329 e. The van der Waals surface area contributed by atoms with Gasteiger partial charge in [-0.15, -0.1) is 0 Å². The van der Waals surface area contributed by atoms with Crippen LogP contribution in [0.5, 0.6) is 0 Å². The zero-order chi connectivity index (χ0) is 16.2. The number of para-hydroxylation sites is 1. The standard InChI is InChI=1S/C19H19N5/c1-2-5-15(6-3-1)14-24-10-9-21-18(24)13-20-11-16-7-4-8-17-12-22-23-19(16)17/h1-10,12,20H,11,13-14H2,(H,22,23). The number of imidazole rings is 1. The van der Waals surface area contributed by atoms with E-state index in [1.165, 1.54) is 11.1 Å². The molecule has 120 valence electrons. The second-order valence-electron chi connectivity index (χ2n) is 5.81. The van der Waals surface area contributed by atoms with E-state index >= 15 is 0 Å². The van der Waals surface area contributed by atoms with Crippen LogP contribution in [0, 0.1) is 0 Å². The Balaban J connectivity index is 1.42. The molecule has 0 aliphatic heterocycles. The van der Waals surface area contributed by atoms with Gasteiger partial charge in [0.15, 0.2) is 0 Å². The lowest BCUT2D eigenvalue weighted by molar-refractivity contribution is 0.623. The second kappa shape index (κ2) is 6.68. The average molecular weight is 317 g/mol. The van der Waals surface area contributed by atoms with Gasteiger partial charge in [0.05, 0.1) is 18.3 Å². The molecular weight excluding hydrogens is 298 g/mol. The van der Waals surface area contributed by atoms with Crippen LogP contribution in [-0.2, 0) is 19.6 Å². The van der Waals surface area contributed by atoms with Crippen LogP contribution in [-0.4, -0.2) is 19.7 Å². The highest BCUT2D eigenvalue weighted by Crippen LogP contribution is 2.15. The highest BCUT2D eigenvalue weighted by molar-refractivity contribution is 5.81. The van der Waals surface area contributed by atoms with E-state index in [0.29, 0.717) is 0 Å². The molecule has 0 fully saturated rings. The first-order chi connectivity index (χ1) is 11.9. The van der Waals surface area contributed by atoms with Gasteiger partial charge in [-0.1, -0.05) is 48.5 Å². The maximum absolute atomic E-state index is 4.48. The summed E-state index contributed by atoms with van der Waals surface area (Å²) >= 11 is 0. The molecule has 2 N–H and O–H groups in total. The highest BCUT2D eigenvalue weighted by Gasteiger charge is 2.05. The summed E-state index contributed by atoms with van der Waals surface area (Å²) in [6.07, 6.45) is 5.74. The van der Waals surface area contributed by atoms with Crippen LogP contribution >= 0.6 is 0 Å². The zero-order valence-corrected chi connectivity index (χ0v) is 13.3. The SMILES string of the molecule is c1ccc(Cn2ccnc2CNCc2cccc3cn[nH]c23)cc1. The molecule has 0 saturated carbocycles. The molecule has 0 unspecified atom stereocenters. The van der Waals surface area contributed by atoms with Gasteiger partial charge in [-0.3, -0.25) is 5.10 Å². The van der Waals surface area contributed by atoms with Crippen molar-refractivity contribution >= 4 is 10.9 Å². The summed E-state index contributed by atoms with van der Waals surface area (Å²) in [6.45, 7) is 2.34. The van der Waals surface area contributed by atoms with E-state index in [4.69, 9.17) is 0 Å². The maximum atomic E-state index is 4.48. The average Bonchev–Trinajstić information content (AvgIpc) is 3.26. The lowest BCUT2D eigenvalue weighted by atomic mass is 10.1. The van der Waals surface area contributed by atoms with Gasteiger partial charge in [0.2, 0.25) is 0 Å². The predicted molar refractivity (Wildman–Crippen MR) is 94.4 cm³/mol. The number of rotatable bonds is 6. The van der Waals surface area contributed by atoms with Crippen LogP contribution in [0.2, 0.25) is 0 Å². The lowest BCUT2D eigenvalue weighted by Gasteiger charge is -2.09. The van der Waals surface area contributed by atoms with Crippen molar-refractivity contribution in [3.63, 3.8) is 0 Å². The topological polar surface area (TPSA) is 58.5 Å². The Labute approximate surface area is 140 Å². The molecule has 4 rings (SSSR count). The monoisotopic (exact) mass is 317 g/mol. The maximum Gasteiger partial charge on any atom is 0.122 e. The minimum Gasteiger partial charge on any atom is -0.329 e. The summed E-state index contributed by atoms with van der Waals surface area (Å²) in [5.74, 6) is 1.04. The van der Waals surface area contributed by atoms with E-state index < -0.39 is 0 Å². The van der Waals surface area contributed by atoms with Crippen molar-refractivity contribution in [2.45, 2.75) is 19.6 Å². The number of aromatic nitrogens is 4. The van der Waals surface area contributed by atoms with E-state index in [0.717, 1.165) is 36.4 Å². The molecule has 0 aliphatic carbocycles. The Bertz CT molecular complexity index is 923. The summed E-state index contributed by atoms with van der Waals surface area (Å²) < 4.78 is 2.18. The molecule has 5 nitrogen and oxygen atoms in total. The third kappa shape index (κ3) is 3.07. The van der Waals surface area contributed by atoms with Crippen molar-refractivity contribution in [2.24, 2.45) is 0 Å². The van der Waals surface area contributed by atoms with Crippen LogP contribution in [0.3, 0.4) is 0 Å². The summed E-state index contributed by atoms with van der Waals surface area (Å²) in [5.41, 5.74) is 3.59. The molecular formula is C19H19N5. The number of aromatic amines is 1. The van der Waals surface area contributed by atoms with Crippen molar-refractivity contribution in [1.29, 1.82) is 0 Å². The molecule has 0 bridgehead atoms. The fourth-order valence-electron chi connectivity index (χ4n) is 2.92. The van der Waals surface area contributed by atoms with Crippen LogP contribution in [0.15, 0.2) is 67.1 Å². The van der Waals surface area contributed by atoms with Gasteiger partial charge in [-0.25, -0.2) is 4.98 Å². The smallest absolute Gasteiger partial charge is 0.122 e. The van der Waals surface area contributed by atoms with E-state index in [-0.39, 0.29) is 0 Å². The third-order valence-electron chi connectivity index (χ3n) is 4.16. The van der Waals surface area contributed by atoms with Gasteiger partial charge >= 0.3 is 0 Å². The number of benzene rings is 2. The van der Waals surface area contributed by atoms with Gasteiger partial charge in [0.1, 0.15) is 5.82 Å². The highest BCUT2D eigenvalue weighted by atomic mass is 15.1. The number of H-pyrrole nitrogens is 1. The Morgan fingerprint density at radius 2 is 1.92 bits per heavy atom. The van der Waals surface area contributed by atoms with Crippen LogP contribution in [0.1, 0.15) is 17.0 Å². The lowest BCUT2D eigenvalue weighted by Crippen LogP contribution is -2.17. The van der Waals surface area contributed by atoms with Gasteiger partial charge < -0.3 is 9.88 Å². The van der Waals surface area contributed by atoms with E-state index in [1.807, 2.05) is 24.7 Å². The molecule has 0 atom stereocenters. The number of nitrogens with one attached hydrogen (secondary N) is 2. The van der Waals surface area contributed by atoms with Crippen LogP contribution in [0.25, 0.3) is 10.9 Å². The predicted octanol–water partition coefficient (Wildman–Crippen LogP) is 3.10. The van der Waals surface area contributed by atoms with Crippen LogP contribution < -0.4 is 5.32 Å². The normalized spacial score (nSPS) is 11.2. The molecule has 24 heavy (non-hydrogen) atoms. The Hall–Kier alpha value is -2.92. The number of hydrogen-bond donors (Lipinski definition) is 2. The quantitative estimate of drug-likeness (QED) is 0.574. The molecule has 2 heterocycles. The number of hydrogen-bond acceptors (Lipinski definition) is 3. The van der Waals surface area contributed by atoms with E-state index in [9.17, 15) is 0 Å². The summed E-state index contributed by atoms with van der Waals surface area (Å²) in [6, 6.07) is 16.7. The molecule has 2 aromatic carbocycles. The Morgan fingerprint density at radius 3 is 2.83 bits per heavy atom. The first kappa shape index (κ1) is 14.7. The summed E-state index contributed by atoms with van der Waals surface area (Å²) in [5, 5.41) is 11.8. The molecule has 0 radical (unpaired) electrons. The summed E-state index contributed by atoms with van der Waals surface area (Å²) in [4.78, 5) is 4.48. The molecule has 0 aliphatic rings. The number of fused-ring (bicyclic) bond motifs is 1. The first-order valence-electron chi connectivity index (χ1n) is 8.06. The van der Waals surface area contributed by atoms with Crippen molar-refractivity contribution < 1.29 is 0 Å². The van der Waals surface area contributed by atoms with Crippen molar-refractivity contribution in [1.82, 2.24) is 25.1 Å². The molecule has 0 saturated heterocycles. The molecule has 5 heteroatoms. The molecule has 0 amide bonds. The third-order valence-corrected chi connectivity index (χ3v) is 4.16. The first-order valence-corrected chi connectivity index (χ1v) is 8.06. The fraction of sp³-hybridized carbons (Fsp3) is 0.158. The Morgan fingerprint density at radius 1 is 1.00 bits per heavy atom. The second-order valence-corrected chi connectivity index (χ2v) is 5.81. The molecule has 4 aromatic rings. The summed E-state index contributed by atoms with van der Waals surface area (Å²) in [7, 11) is 0. The van der Waals surface area contributed by atoms with E-state index in [2.05, 4.69) is 67.5 Å². The number of nitrogens with zero attached hydrogens (tertiary/aromatic N) is 3. The van der Waals surface area contributed by atoms with Crippen molar-refractivity contribution in [2.75, 3.05) is 0 Å².